The molecule has 0 aromatic rings. The number of aliphatic carboxylic acids is 2. The maximum Gasteiger partial charge on any atom is 0.323 e. The van der Waals surface area contributed by atoms with E-state index in [9.17, 15) is 9.59 Å². The Balaban J connectivity index is 0.000000304. The van der Waals surface area contributed by atoms with Crippen LogP contribution in [0, 0.1) is 0 Å². The fourth-order valence-corrected chi connectivity index (χ4v) is 1.11. The lowest BCUT2D eigenvalue weighted by Gasteiger charge is -2.06. The molecule has 0 bridgehead atoms. The van der Waals surface area contributed by atoms with E-state index in [0.29, 0.717) is 13.0 Å². The predicted molar refractivity (Wildman–Crippen MR) is 57.3 cm³/mol. The zero-order chi connectivity index (χ0) is 13.6. The maximum atomic E-state index is 10.2. The molecule has 17 heavy (non-hydrogen) atoms. The Morgan fingerprint density at radius 3 is 2.06 bits per heavy atom. The van der Waals surface area contributed by atoms with Crippen LogP contribution >= 0.6 is 0 Å². The van der Waals surface area contributed by atoms with Gasteiger partial charge < -0.3 is 31.5 Å². The van der Waals surface area contributed by atoms with Crippen LogP contribution in [0.1, 0.15) is 13.3 Å². The lowest BCUT2D eigenvalue weighted by Crippen LogP contribution is -2.39. The van der Waals surface area contributed by atoms with Crippen LogP contribution in [0.4, 0.5) is 0 Å². The molecular weight excluding hydrogens is 232 g/mol. The molecule has 0 aromatic carbocycles. The fraction of sp³-hybridized carbons (Fsp3) is 0.778. The number of nitrogens with one attached hydrogen (secondary N) is 1. The highest BCUT2D eigenvalue weighted by Gasteiger charge is 2.27. The predicted octanol–water partition coefficient (Wildman–Crippen LogP) is -2.43. The van der Waals surface area contributed by atoms with Crippen molar-refractivity contribution in [2.75, 3.05) is 6.54 Å². The monoisotopic (exact) mass is 250 g/mol. The van der Waals surface area contributed by atoms with E-state index in [1.165, 1.54) is 6.92 Å². The van der Waals surface area contributed by atoms with Gasteiger partial charge in [-0.05, 0) is 6.92 Å². The highest BCUT2D eigenvalue weighted by molar-refractivity contribution is 5.74. The first kappa shape index (κ1) is 15.8. The standard InChI is InChI=1S/C5H9NO3.C4H9NO3/c7-3-1-4(5(8)9)6-2-3;1-2(6)3(5)4(7)8/h3-4,6-7H,1-2H2,(H,8,9);2-3,6H,5H2,1H3,(H,7,8). The molecule has 0 spiro atoms. The molecule has 1 saturated heterocycles. The summed E-state index contributed by atoms with van der Waals surface area (Å²) in [7, 11) is 0. The molecule has 4 unspecified atom stereocenters. The summed E-state index contributed by atoms with van der Waals surface area (Å²) in [5.74, 6) is -2.06. The molecule has 7 N–H and O–H groups in total. The molecule has 1 aliphatic rings. The van der Waals surface area contributed by atoms with E-state index < -0.39 is 36.2 Å². The van der Waals surface area contributed by atoms with Crippen LogP contribution < -0.4 is 11.1 Å². The summed E-state index contributed by atoms with van der Waals surface area (Å²) in [6.45, 7) is 1.73. The molecule has 8 nitrogen and oxygen atoms in total. The van der Waals surface area contributed by atoms with Crippen molar-refractivity contribution in [2.24, 2.45) is 5.73 Å². The van der Waals surface area contributed by atoms with Gasteiger partial charge in [0.2, 0.25) is 0 Å². The van der Waals surface area contributed by atoms with Crippen LogP contribution in [0.3, 0.4) is 0 Å². The first-order chi connectivity index (χ1) is 7.75. The van der Waals surface area contributed by atoms with Crippen molar-refractivity contribution in [2.45, 2.75) is 37.6 Å². The summed E-state index contributed by atoms with van der Waals surface area (Å²) in [4.78, 5) is 20.0. The summed E-state index contributed by atoms with van der Waals surface area (Å²) in [6, 6.07) is -1.70. The Morgan fingerprint density at radius 1 is 1.41 bits per heavy atom. The zero-order valence-electron chi connectivity index (χ0n) is 9.41. The van der Waals surface area contributed by atoms with Crippen molar-refractivity contribution in [3.05, 3.63) is 0 Å². The average Bonchev–Trinajstić information content (AvgIpc) is 2.64. The number of nitrogens with two attached hydrogens (primary N) is 1. The summed E-state index contributed by atoms with van der Waals surface area (Å²) in [6.07, 6.45) is -1.13. The molecule has 8 heteroatoms. The zero-order valence-corrected chi connectivity index (χ0v) is 9.41. The van der Waals surface area contributed by atoms with Crippen molar-refractivity contribution in [3.63, 3.8) is 0 Å². The topological polar surface area (TPSA) is 153 Å². The lowest BCUT2D eigenvalue weighted by atomic mass is 10.2. The Morgan fingerprint density at radius 2 is 1.94 bits per heavy atom. The number of rotatable bonds is 3. The van der Waals surface area contributed by atoms with Gasteiger partial charge in [0.25, 0.3) is 0 Å². The minimum absolute atomic E-state index is 0.329. The van der Waals surface area contributed by atoms with Gasteiger partial charge in [-0.3, -0.25) is 9.59 Å². The van der Waals surface area contributed by atoms with Gasteiger partial charge in [-0.2, -0.15) is 0 Å². The molecule has 4 atom stereocenters. The minimum atomic E-state index is -1.18. The van der Waals surface area contributed by atoms with Gasteiger partial charge in [-0.25, -0.2) is 0 Å². The SMILES string of the molecule is CC(O)C(N)C(=O)O.O=C(O)C1CC(O)CN1. The third-order valence-electron chi connectivity index (χ3n) is 2.21. The van der Waals surface area contributed by atoms with Crippen LogP contribution in [0.25, 0.3) is 0 Å². The van der Waals surface area contributed by atoms with Gasteiger partial charge in [0.15, 0.2) is 0 Å². The fourth-order valence-electron chi connectivity index (χ4n) is 1.11. The highest BCUT2D eigenvalue weighted by atomic mass is 16.4. The van der Waals surface area contributed by atoms with Crippen molar-refractivity contribution in [3.8, 4) is 0 Å². The van der Waals surface area contributed by atoms with Crippen LogP contribution in [-0.2, 0) is 9.59 Å². The van der Waals surface area contributed by atoms with Crippen LogP contribution in [0.2, 0.25) is 0 Å². The maximum absolute atomic E-state index is 10.2. The number of β-amino-alcohol motifs (C(OH)–C–C–N with tert-alkyl or cyclic N) is 1. The number of carboxylic acids is 2. The number of aliphatic hydroxyl groups is 2. The minimum Gasteiger partial charge on any atom is -0.480 e. The van der Waals surface area contributed by atoms with Crippen LogP contribution in [-0.4, -0.2) is 63.2 Å². The first-order valence-corrected chi connectivity index (χ1v) is 5.06. The van der Waals surface area contributed by atoms with Crippen molar-refractivity contribution in [1.29, 1.82) is 0 Å². The van der Waals surface area contributed by atoms with Gasteiger partial charge in [0.1, 0.15) is 12.1 Å². The summed E-state index contributed by atoms with van der Waals surface area (Å²) in [5, 5.41) is 36.4. The number of hydrogen-bond donors (Lipinski definition) is 6. The lowest BCUT2D eigenvalue weighted by molar-refractivity contribution is -0.141. The molecule has 0 aromatic heterocycles. The average molecular weight is 250 g/mol. The molecule has 1 rings (SSSR count). The molecular formula is C9H18N2O6. The number of carboxylic acid groups (broad SMARTS) is 2. The van der Waals surface area contributed by atoms with Gasteiger partial charge in [-0.15, -0.1) is 0 Å². The first-order valence-electron chi connectivity index (χ1n) is 5.06. The van der Waals surface area contributed by atoms with Gasteiger partial charge >= 0.3 is 11.9 Å². The molecule has 0 saturated carbocycles. The second-order valence-electron chi connectivity index (χ2n) is 3.79. The van der Waals surface area contributed by atoms with E-state index in [0.717, 1.165) is 0 Å². The van der Waals surface area contributed by atoms with E-state index in [1.54, 1.807) is 0 Å². The molecule has 0 amide bonds. The number of carbonyl (C=O) groups is 2. The second kappa shape index (κ2) is 7.17. The molecule has 0 radical (unpaired) electrons. The molecule has 1 aliphatic heterocycles. The van der Waals surface area contributed by atoms with Crippen molar-refractivity contribution < 1.29 is 30.0 Å². The Hall–Kier alpha value is -1.22. The van der Waals surface area contributed by atoms with E-state index in [-0.39, 0.29) is 0 Å². The normalized spacial score (nSPS) is 26.6. The van der Waals surface area contributed by atoms with E-state index in [4.69, 9.17) is 26.2 Å². The Labute approximate surface area is 98.0 Å². The van der Waals surface area contributed by atoms with Crippen molar-refractivity contribution >= 4 is 11.9 Å². The largest absolute Gasteiger partial charge is 0.480 e. The molecule has 1 fully saturated rings. The Bertz CT molecular complexity index is 270. The van der Waals surface area contributed by atoms with Gasteiger partial charge in [0, 0.05) is 13.0 Å². The van der Waals surface area contributed by atoms with E-state index in [1.807, 2.05) is 0 Å². The summed E-state index contributed by atoms with van der Waals surface area (Å²) in [5.41, 5.74) is 4.91. The van der Waals surface area contributed by atoms with E-state index >= 15 is 0 Å². The molecule has 1 heterocycles. The van der Waals surface area contributed by atoms with Gasteiger partial charge in [0.05, 0.1) is 12.2 Å². The summed E-state index contributed by atoms with van der Waals surface area (Å²) >= 11 is 0. The molecule has 100 valence electrons. The number of aliphatic hydroxyl groups excluding tert-OH is 2. The second-order valence-corrected chi connectivity index (χ2v) is 3.79. The highest BCUT2D eigenvalue weighted by Crippen LogP contribution is 2.05. The smallest absolute Gasteiger partial charge is 0.323 e. The van der Waals surface area contributed by atoms with E-state index in [2.05, 4.69) is 5.32 Å². The van der Waals surface area contributed by atoms with Crippen LogP contribution in [0.5, 0.6) is 0 Å². The number of hydrogen-bond acceptors (Lipinski definition) is 6. The summed E-state index contributed by atoms with van der Waals surface area (Å²) < 4.78 is 0. The quantitative estimate of drug-likeness (QED) is 0.323. The molecule has 0 aliphatic carbocycles. The third-order valence-corrected chi connectivity index (χ3v) is 2.21. The van der Waals surface area contributed by atoms with Crippen LogP contribution in [0.15, 0.2) is 0 Å². The van der Waals surface area contributed by atoms with Gasteiger partial charge in [-0.1, -0.05) is 0 Å². The Kier molecular flexibility index (Phi) is 6.66. The third kappa shape index (κ3) is 6.17. The van der Waals surface area contributed by atoms with Crippen molar-refractivity contribution in [1.82, 2.24) is 5.32 Å².